The van der Waals surface area contributed by atoms with Crippen molar-refractivity contribution in [1.82, 2.24) is 14.7 Å². The summed E-state index contributed by atoms with van der Waals surface area (Å²) in [6.45, 7) is 2.54. The summed E-state index contributed by atoms with van der Waals surface area (Å²) in [6, 6.07) is 15.8. The predicted octanol–water partition coefficient (Wildman–Crippen LogP) is 4.60. The van der Waals surface area contributed by atoms with E-state index in [1.807, 2.05) is 41.1 Å². The van der Waals surface area contributed by atoms with Crippen molar-refractivity contribution in [2.45, 2.75) is 32.7 Å². The monoisotopic (exact) mass is 379 g/mol. The number of carbonyl (C=O) groups is 1. The van der Waals surface area contributed by atoms with E-state index in [1.165, 1.54) is 5.69 Å². The fourth-order valence-corrected chi connectivity index (χ4v) is 3.94. The van der Waals surface area contributed by atoms with Gasteiger partial charge in [-0.2, -0.15) is 5.10 Å². The molecule has 3 aromatic rings. The van der Waals surface area contributed by atoms with Crippen LogP contribution in [0.1, 0.15) is 39.3 Å². The number of carbonyl (C=O) groups excluding carboxylic acids is 1. The first-order valence-electron chi connectivity index (χ1n) is 9.22. The van der Waals surface area contributed by atoms with Gasteiger partial charge in [0, 0.05) is 29.9 Å². The summed E-state index contributed by atoms with van der Waals surface area (Å²) in [5.74, 6) is -0.0552. The van der Waals surface area contributed by atoms with Gasteiger partial charge in [0.25, 0.3) is 5.91 Å². The fraction of sp³-hybridized carbons (Fsp3) is 0.273. The lowest BCUT2D eigenvalue weighted by Crippen LogP contribution is -2.27. The zero-order valence-electron chi connectivity index (χ0n) is 15.6. The van der Waals surface area contributed by atoms with Crippen molar-refractivity contribution in [1.29, 1.82) is 0 Å². The lowest BCUT2D eigenvalue weighted by Gasteiger charge is -2.17. The molecule has 1 aliphatic rings. The van der Waals surface area contributed by atoms with Gasteiger partial charge in [-0.05, 0) is 49.4 Å². The molecule has 4 rings (SSSR count). The maximum Gasteiger partial charge on any atom is 0.274 e. The van der Waals surface area contributed by atoms with Gasteiger partial charge in [-0.3, -0.25) is 4.79 Å². The van der Waals surface area contributed by atoms with Crippen LogP contribution in [0.25, 0.3) is 5.69 Å². The van der Waals surface area contributed by atoms with Crippen LogP contribution in [0.3, 0.4) is 0 Å². The number of rotatable bonds is 4. The number of fused-ring (bicyclic) bond motifs is 1. The van der Waals surface area contributed by atoms with Crippen LogP contribution in [0, 0.1) is 6.92 Å². The minimum absolute atomic E-state index is 0.0552. The highest BCUT2D eigenvalue weighted by molar-refractivity contribution is 6.31. The molecule has 1 aliphatic carbocycles. The Morgan fingerprint density at radius 3 is 2.67 bits per heavy atom. The summed E-state index contributed by atoms with van der Waals surface area (Å²) >= 11 is 6.26. The Morgan fingerprint density at radius 2 is 1.89 bits per heavy atom. The van der Waals surface area contributed by atoms with E-state index in [0.29, 0.717) is 17.3 Å². The maximum atomic E-state index is 13.2. The molecule has 27 heavy (non-hydrogen) atoms. The molecule has 2 aromatic carbocycles. The zero-order valence-corrected chi connectivity index (χ0v) is 16.3. The Kier molecular flexibility index (Phi) is 4.75. The molecule has 1 heterocycles. The number of hydrogen-bond acceptors (Lipinski definition) is 2. The summed E-state index contributed by atoms with van der Waals surface area (Å²) in [4.78, 5) is 14.9. The third-order valence-electron chi connectivity index (χ3n) is 5.19. The van der Waals surface area contributed by atoms with Gasteiger partial charge in [-0.15, -0.1) is 0 Å². The smallest absolute Gasteiger partial charge is 0.274 e. The van der Waals surface area contributed by atoms with Gasteiger partial charge in [-0.25, -0.2) is 4.68 Å². The Bertz CT molecular complexity index is 1010. The van der Waals surface area contributed by atoms with Gasteiger partial charge < -0.3 is 4.90 Å². The van der Waals surface area contributed by atoms with E-state index in [9.17, 15) is 4.79 Å². The topological polar surface area (TPSA) is 38.1 Å². The molecular formula is C22H22ClN3O. The zero-order chi connectivity index (χ0) is 19.0. The molecule has 0 saturated carbocycles. The summed E-state index contributed by atoms with van der Waals surface area (Å²) in [5.41, 5.74) is 5.96. The number of amides is 1. The Morgan fingerprint density at radius 1 is 1.15 bits per heavy atom. The molecule has 0 spiro atoms. The minimum Gasteiger partial charge on any atom is -0.336 e. The highest BCUT2D eigenvalue weighted by atomic mass is 35.5. The number of aryl methyl sites for hydroxylation is 1. The highest BCUT2D eigenvalue weighted by Crippen LogP contribution is 2.29. The Hall–Kier alpha value is -2.59. The average Bonchev–Trinajstić information content (AvgIpc) is 3.26. The first-order chi connectivity index (χ1) is 13.1. The van der Waals surface area contributed by atoms with Crippen LogP contribution in [-0.2, 0) is 19.4 Å². The minimum atomic E-state index is -0.0552. The van der Waals surface area contributed by atoms with Crippen LogP contribution in [0.5, 0.6) is 0 Å². The Balaban J connectivity index is 1.68. The van der Waals surface area contributed by atoms with Crippen LogP contribution >= 0.6 is 11.6 Å². The summed E-state index contributed by atoms with van der Waals surface area (Å²) in [6.07, 6.45) is 2.92. The molecule has 0 unspecified atom stereocenters. The van der Waals surface area contributed by atoms with Crippen LogP contribution in [0.4, 0.5) is 0 Å². The van der Waals surface area contributed by atoms with Crippen molar-refractivity contribution >= 4 is 17.5 Å². The van der Waals surface area contributed by atoms with E-state index in [0.717, 1.165) is 41.6 Å². The predicted molar refractivity (Wildman–Crippen MR) is 108 cm³/mol. The Labute approximate surface area is 164 Å². The van der Waals surface area contributed by atoms with Crippen molar-refractivity contribution in [2.24, 2.45) is 0 Å². The summed E-state index contributed by atoms with van der Waals surface area (Å²) < 4.78 is 1.97. The molecular weight excluding hydrogens is 358 g/mol. The second kappa shape index (κ2) is 7.20. The van der Waals surface area contributed by atoms with E-state index >= 15 is 0 Å². The largest absolute Gasteiger partial charge is 0.336 e. The van der Waals surface area contributed by atoms with Gasteiger partial charge in [0.2, 0.25) is 0 Å². The lowest BCUT2D eigenvalue weighted by molar-refractivity contribution is 0.0778. The van der Waals surface area contributed by atoms with Crippen molar-refractivity contribution in [3.05, 3.63) is 81.6 Å². The quantitative estimate of drug-likeness (QED) is 0.664. The molecule has 0 atom stereocenters. The molecule has 0 bridgehead atoms. The van der Waals surface area contributed by atoms with E-state index in [4.69, 9.17) is 16.7 Å². The average molecular weight is 380 g/mol. The normalized spacial score (nSPS) is 12.9. The van der Waals surface area contributed by atoms with E-state index in [-0.39, 0.29) is 5.91 Å². The van der Waals surface area contributed by atoms with Crippen molar-refractivity contribution in [3.8, 4) is 5.69 Å². The molecule has 0 aliphatic heterocycles. The molecule has 5 heteroatoms. The number of hydrogen-bond donors (Lipinski definition) is 0. The third-order valence-corrected chi connectivity index (χ3v) is 5.56. The highest BCUT2D eigenvalue weighted by Gasteiger charge is 2.29. The molecule has 1 amide bonds. The second-order valence-corrected chi connectivity index (χ2v) is 7.49. The molecule has 0 radical (unpaired) electrons. The number of benzene rings is 2. The first-order valence-corrected chi connectivity index (χ1v) is 9.59. The molecule has 0 fully saturated rings. The van der Waals surface area contributed by atoms with Crippen molar-refractivity contribution in [3.63, 3.8) is 0 Å². The van der Waals surface area contributed by atoms with Crippen LogP contribution in [0.15, 0.2) is 48.5 Å². The van der Waals surface area contributed by atoms with Gasteiger partial charge in [0.15, 0.2) is 5.69 Å². The first kappa shape index (κ1) is 17.8. The lowest BCUT2D eigenvalue weighted by atomic mass is 10.1. The third kappa shape index (κ3) is 3.26. The van der Waals surface area contributed by atoms with Crippen LogP contribution in [-0.4, -0.2) is 27.6 Å². The maximum absolute atomic E-state index is 13.2. The molecule has 1 aromatic heterocycles. The molecule has 0 N–H and O–H groups in total. The second-order valence-electron chi connectivity index (χ2n) is 7.08. The molecule has 4 nitrogen and oxygen atoms in total. The summed E-state index contributed by atoms with van der Waals surface area (Å²) in [5, 5.41) is 5.41. The number of nitrogens with zero attached hydrogens (tertiary/aromatic N) is 3. The van der Waals surface area contributed by atoms with Gasteiger partial charge in [0.1, 0.15) is 0 Å². The SMILES string of the molecule is Cc1ccccc1-n1nc(C(=O)N(C)Cc2ccccc2Cl)c2c1CCC2. The number of aromatic nitrogens is 2. The van der Waals surface area contributed by atoms with Crippen LogP contribution in [0.2, 0.25) is 5.02 Å². The number of para-hydroxylation sites is 1. The molecule has 0 saturated heterocycles. The van der Waals surface area contributed by atoms with Crippen molar-refractivity contribution < 1.29 is 4.79 Å². The van der Waals surface area contributed by atoms with Gasteiger partial charge in [-0.1, -0.05) is 48.0 Å². The van der Waals surface area contributed by atoms with E-state index in [2.05, 4.69) is 19.1 Å². The van der Waals surface area contributed by atoms with Gasteiger partial charge >= 0.3 is 0 Å². The fourth-order valence-electron chi connectivity index (χ4n) is 3.74. The number of halogens is 1. The van der Waals surface area contributed by atoms with E-state index < -0.39 is 0 Å². The van der Waals surface area contributed by atoms with Crippen molar-refractivity contribution in [2.75, 3.05) is 7.05 Å². The molecule has 138 valence electrons. The summed E-state index contributed by atoms with van der Waals surface area (Å²) in [7, 11) is 1.81. The standard InChI is InChI=1S/C22H22ClN3O/c1-15-8-3-6-12-19(15)26-20-13-7-10-17(20)21(24-26)22(27)25(2)14-16-9-4-5-11-18(16)23/h3-6,8-9,11-12H,7,10,13-14H2,1-2H3. The van der Waals surface area contributed by atoms with Gasteiger partial charge in [0.05, 0.1) is 5.69 Å². The van der Waals surface area contributed by atoms with E-state index in [1.54, 1.807) is 11.9 Å². The van der Waals surface area contributed by atoms with Crippen LogP contribution < -0.4 is 0 Å².